The van der Waals surface area contributed by atoms with Gasteiger partial charge in [0.25, 0.3) is 5.91 Å². The monoisotopic (exact) mass is 382 g/mol. The van der Waals surface area contributed by atoms with E-state index in [1.54, 1.807) is 61.0 Å². The van der Waals surface area contributed by atoms with Crippen LogP contribution in [0.4, 0.5) is 5.69 Å². The smallest absolute Gasteiger partial charge is 0.338 e. The molecule has 0 fully saturated rings. The van der Waals surface area contributed by atoms with Crippen LogP contribution in [0, 0.1) is 0 Å². The van der Waals surface area contributed by atoms with Gasteiger partial charge in [0.1, 0.15) is 12.4 Å². The number of rotatable bonds is 7. The van der Waals surface area contributed by atoms with Gasteiger partial charge >= 0.3 is 5.97 Å². The predicted molar refractivity (Wildman–Crippen MR) is 103 cm³/mol. The van der Waals surface area contributed by atoms with Crippen LogP contribution in [0.25, 0.3) is 0 Å². The quantitative estimate of drug-likeness (QED) is 0.621. The molecule has 0 bridgehead atoms. The number of ether oxygens (including phenoxy) is 2. The first-order chi connectivity index (χ1) is 13.2. The lowest BCUT2D eigenvalue weighted by Gasteiger charge is -2.08. The number of carbonyl (C=O) groups excluding carboxylic acids is 2. The number of esters is 1. The second kappa shape index (κ2) is 8.95. The molecular weight excluding hydrogens is 364 g/mol. The highest BCUT2D eigenvalue weighted by Gasteiger charge is 2.10. The van der Waals surface area contributed by atoms with E-state index in [0.29, 0.717) is 35.8 Å². The molecule has 7 heteroatoms. The summed E-state index contributed by atoms with van der Waals surface area (Å²) in [5.74, 6) is -0.0406. The van der Waals surface area contributed by atoms with Crippen LogP contribution in [0.5, 0.6) is 5.75 Å². The SMILES string of the molecule is CCOC(=O)c1cccc(NC(=O)c2ccc(OCc3cscn3)cc2)c1. The van der Waals surface area contributed by atoms with Gasteiger partial charge in [-0.25, -0.2) is 9.78 Å². The van der Waals surface area contributed by atoms with E-state index in [2.05, 4.69) is 10.3 Å². The van der Waals surface area contributed by atoms with Crippen molar-refractivity contribution >= 4 is 28.9 Å². The third-order valence-corrected chi connectivity index (χ3v) is 4.25. The summed E-state index contributed by atoms with van der Waals surface area (Å²) in [6.45, 7) is 2.43. The zero-order valence-corrected chi connectivity index (χ0v) is 15.5. The third-order valence-electron chi connectivity index (χ3n) is 3.62. The topological polar surface area (TPSA) is 77.5 Å². The maximum absolute atomic E-state index is 12.4. The number of aromatic nitrogens is 1. The Morgan fingerprint density at radius 3 is 2.63 bits per heavy atom. The Balaban J connectivity index is 1.61. The normalized spacial score (nSPS) is 10.3. The van der Waals surface area contributed by atoms with E-state index in [-0.39, 0.29) is 5.91 Å². The van der Waals surface area contributed by atoms with Crippen LogP contribution in [-0.4, -0.2) is 23.5 Å². The summed E-state index contributed by atoms with van der Waals surface area (Å²) in [6.07, 6.45) is 0. The fourth-order valence-electron chi connectivity index (χ4n) is 2.31. The first-order valence-corrected chi connectivity index (χ1v) is 9.28. The van der Waals surface area contributed by atoms with Gasteiger partial charge in [-0.05, 0) is 49.4 Å². The summed E-state index contributed by atoms with van der Waals surface area (Å²) in [7, 11) is 0. The fourth-order valence-corrected chi connectivity index (χ4v) is 2.85. The average Bonchev–Trinajstić information content (AvgIpc) is 3.21. The van der Waals surface area contributed by atoms with Crippen LogP contribution in [0.3, 0.4) is 0 Å². The molecule has 1 amide bonds. The van der Waals surface area contributed by atoms with E-state index in [9.17, 15) is 9.59 Å². The minimum Gasteiger partial charge on any atom is -0.487 e. The molecule has 3 rings (SSSR count). The number of benzene rings is 2. The van der Waals surface area contributed by atoms with E-state index in [1.807, 2.05) is 5.38 Å². The summed E-state index contributed by atoms with van der Waals surface area (Å²) in [4.78, 5) is 28.3. The Morgan fingerprint density at radius 1 is 1.11 bits per heavy atom. The van der Waals surface area contributed by atoms with Crippen LogP contribution < -0.4 is 10.1 Å². The molecule has 138 valence electrons. The summed E-state index contributed by atoms with van der Waals surface area (Å²) in [6, 6.07) is 13.5. The van der Waals surface area contributed by atoms with Crippen molar-refractivity contribution in [1.29, 1.82) is 0 Å². The number of nitrogens with zero attached hydrogens (tertiary/aromatic N) is 1. The number of amides is 1. The second-order valence-electron chi connectivity index (χ2n) is 5.55. The number of carbonyl (C=O) groups is 2. The van der Waals surface area contributed by atoms with Crippen LogP contribution in [-0.2, 0) is 11.3 Å². The van der Waals surface area contributed by atoms with Crippen molar-refractivity contribution in [2.45, 2.75) is 13.5 Å². The minimum absolute atomic E-state index is 0.276. The zero-order chi connectivity index (χ0) is 19.1. The molecule has 6 nitrogen and oxygen atoms in total. The molecule has 0 saturated carbocycles. The van der Waals surface area contributed by atoms with Gasteiger partial charge < -0.3 is 14.8 Å². The summed E-state index contributed by atoms with van der Waals surface area (Å²) >= 11 is 1.51. The van der Waals surface area contributed by atoms with E-state index in [4.69, 9.17) is 9.47 Å². The molecule has 0 aliphatic carbocycles. The van der Waals surface area contributed by atoms with Gasteiger partial charge in [0.15, 0.2) is 0 Å². The first kappa shape index (κ1) is 18.6. The van der Waals surface area contributed by atoms with E-state index in [0.717, 1.165) is 5.69 Å². The van der Waals surface area contributed by atoms with Crippen molar-refractivity contribution in [1.82, 2.24) is 4.98 Å². The van der Waals surface area contributed by atoms with Gasteiger partial charge in [-0.1, -0.05) is 6.07 Å². The van der Waals surface area contributed by atoms with E-state index >= 15 is 0 Å². The Hall–Kier alpha value is -3.19. The van der Waals surface area contributed by atoms with Gasteiger partial charge in [0.2, 0.25) is 0 Å². The van der Waals surface area contributed by atoms with Crippen LogP contribution in [0.15, 0.2) is 59.4 Å². The Labute approximate surface area is 160 Å². The van der Waals surface area contributed by atoms with Crippen molar-refractivity contribution in [3.8, 4) is 5.75 Å². The summed E-state index contributed by atoms with van der Waals surface area (Å²) in [5, 5.41) is 4.70. The lowest BCUT2D eigenvalue weighted by atomic mass is 10.1. The van der Waals surface area contributed by atoms with Crippen molar-refractivity contribution in [2.75, 3.05) is 11.9 Å². The van der Waals surface area contributed by atoms with Gasteiger partial charge in [-0.3, -0.25) is 4.79 Å². The lowest BCUT2D eigenvalue weighted by Crippen LogP contribution is -2.12. The highest BCUT2D eigenvalue weighted by atomic mass is 32.1. The average molecular weight is 382 g/mol. The molecular formula is C20H18N2O4S. The maximum Gasteiger partial charge on any atom is 0.338 e. The van der Waals surface area contributed by atoms with Crippen LogP contribution in [0.2, 0.25) is 0 Å². The molecule has 3 aromatic rings. The molecule has 1 aromatic heterocycles. The molecule has 1 N–H and O–H groups in total. The zero-order valence-electron chi connectivity index (χ0n) is 14.7. The Bertz CT molecular complexity index is 908. The largest absolute Gasteiger partial charge is 0.487 e. The molecule has 0 saturated heterocycles. The summed E-state index contributed by atoms with van der Waals surface area (Å²) in [5.41, 5.74) is 4.01. The molecule has 1 heterocycles. The standard InChI is InChI=1S/C20H18N2O4S/c1-2-25-20(24)15-4-3-5-16(10-15)22-19(23)14-6-8-18(9-7-14)26-11-17-12-27-13-21-17/h3-10,12-13H,2,11H2,1H3,(H,22,23). The first-order valence-electron chi connectivity index (χ1n) is 8.34. The minimum atomic E-state index is -0.421. The van der Waals surface area contributed by atoms with E-state index < -0.39 is 5.97 Å². The van der Waals surface area contributed by atoms with E-state index in [1.165, 1.54) is 11.3 Å². The molecule has 2 aromatic carbocycles. The van der Waals surface area contributed by atoms with Crippen molar-refractivity contribution in [3.05, 3.63) is 76.2 Å². The lowest BCUT2D eigenvalue weighted by molar-refractivity contribution is 0.0526. The highest BCUT2D eigenvalue weighted by Crippen LogP contribution is 2.17. The molecule has 0 unspecified atom stereocenters. The highest BCUT2D eigenvalue weighted by molar-refractivity contribution is 7.07. The summed E-state index contributed by atoms with van der Waals surface area (Å²) < 4.78 is 10.6. The fraction of sp³-hybridized carbons (Fsp3) is 0.150. The van der Waals surface area contributed by atoms with Crippen LogP contribution >= 0.6 is 11.3 Å². The molecule has 0 spiro atoms. The van der Waals surface area contributed by atoms with Crippen molar-refractivity contribution in [2.24, 2.45) is 0 Å². The van der Waals surface area contributed by atoms with Crippen molar-refractivity contribution < 1.29 is 19.1 Å². The van der Waals surface area contributed by atoms with Gasteiger partial charge in [-0.15, -0.1) is 11.3 Å². The second-order valence-corrected chi connectivity index (χ2v) is 6.27. The van der Waals surface area contributed by atoms with Gasteiger partial charge in [-0.2, -0.15) is 0 Å². The van der Waals surface area contributed by atoms with Crippen LogP contribution in [0.1, 0.15) is 33.3 Å². The molecule has 0 aliphatic rings. The predicted octanol–water partition coefficient (Wildman–Crippen LogP) is 4.15. The van der Waals surface area contributed by atoms with Crippen molar-refractivity contribution in [3.63, 3.8) is 0 Å². The number of nitrogens with one attached hydrogen (secondary N) is 1. The molecule has 0 aliphatic heterocycles. The number of thiazole rings is 1. The number of hydrogen-bond donors (Lipinski definition) is 1. The number of hydrogen-bond acceptors (Lipinski definition) is 6. The molecule has 0 atom stereocenters. The maximum atomic E-state index is 12.4. The molecule has 27 heavy (non-hydrogen) atoms. The number of anilines is 1. The van der Waals surface area contributed by atoms with Gasteiger partial charge in [0.05, 0.1) is 23.4 Å². The Kier molecular flexibility index (Phi) is 6.17. The molecule has 0 radical (unpaired) electrons. The van der Waals surface area contributed by atoms with Gasteiger partial charge in [0, 0.05) is 16.6 Å². The Morgan fingerprint density at radius 2 is 1.93 bits per heavy atom. The third kappa shape index (κ3) is 5.15.